The summed E-state index contributed by atoms with van der Waals surface area (Å²) in [6.45, 7) is 1.22. The Balaban J connectivity index is 0.00000166. The van der Waals surface area contributed by atoms with Gasteiger partial charge in [0.2, 0.25) is 5.88 Å². The summed E-state index contributed by atoms with van der Waals surface area (Å²) in [7, 11) is -2.34. The Hall–Kier alpha value is -7.96. The van der Waals surface area contributed by atoms with Crippen molar-refractivity contribution in [2.24, 2.45) is 30.7 Å². The minimum absolute atomic E-state index is 0.00165. The number of anilines is 1. The predicted molar refractivity (Wildman–Crippen MR) is 263 cm³/mol. The Morgan fingerprint density at radius 3 is 2.21 bits per heavy atom. The predicted octanol–water partition coefficient (Wildman–Crippen LogP) is 9.59. The van der Waals surface area contributed by atoms with Gasteiger partial charge in [0.05, 0.1) is 72.0 Å². The maximum atomic E-state index is 11.8. The summed E-state index contributed by atoms with van der Waals surface area (Å²) in [4.78, 5) is 40.5. The van der Waals surface area contributed by atoms with E-state index in [4.69, 9.17) is 24.0 Å². The number of nitrogens with zero attached hydrogens (tertiary/aromatic N) is 12. The number of ether oxygens (including phenoxy) is 1. The molecule has 4 aromatic carbocycles. The third-order valence-corrected chi connectivity index (χ3v) is 12.3. The molecule has 3 aromatic heterocycles. The van der Waals surface area contributed by atoms with Gasteiger partial charge in [0.1, 0.15) is 34.4 Å². The SMILES string of the molecule is COc1cc(N=Nc2c(SOOO)cc3ccc(N=Nc4c(C)c(C#N)c5nc6ccccc6n5c4O)cc3c2O)c(N(CCC(=O)O)CCC(=O)O)cc1N=Nc1nnc(SCCC(=O)O)s1.CS(=O)(=O)O. The maximum absolute atomic E-state index is 11.8. The zero-order valence-corrected chi connectivity index (χ0v) is 41.2. The summed E-state index contributed by atoms with van der Waals surface area (Å²) in [5.74, 6) is -3.74. The highest BCUT2D eigenvalue weighted by Crippen LogP contribution is 2.47. The Bertz CT molecular complexity index is 3460. The topological polar surface area (TPSA) is 399 Å². The molecular formula is C42H38N12O15S4. The molecule has 0 bridgehead atoms. The summed E-state index contributed by atoms with van der Waals surface area (Å²) in [5.41, 5.74) is 2.04. The second kappa shape index (κ2) is 24.4. The van der Waals surface area contributed by atoms with Crippen molar-refractivity contribution < 1.29 is 72.3 Å². The zero-order chi connectivity index (χ0) is 53.0. The van der Waals surface area contributed by atoms with Crippen LogP contribution in [0.4, 0.5) is 39.3 Å². The number of pyridine rings is 1. The minimum Gasteiger partial charge on any atom is -0.505 e. The molecule has 27 nitrogen and oxygen atoms in total. The van der Waals surface area contributed by atoms with Crippen molar-refractivity contribution in [2.75, 3.05) is 37.1 Å². The number of hydrogen-bond acceptors (Lipinski definition) is 25. The number of imidazole rings is 1. The average molecular weight is 1080 g/mol. The monoisotopic (exact) mass is 1080 g/mol. The molecular weight excluding hydrogens is 1040 g/mol. The van der Waals surface area contributed by atoms with Crippen LogP contribution in [0.1, 0.15) is 30.4 Å². The first-order chi connectivity index (χ1) is 34.8. The molecule has 0 saturated carbocycles. The molecule has 0 amide bonds. The molecule has 7 rings (SSSR count). The van der Waals surface area contributed by atoms with Crippen LogP contribution < -0.4 is 9.64 Å². The van der Waals surface area contributed by atoms with Gasteiger partial charge in [0.15, 0.2) is 21.4 Å². The van der Waals surface area contributed by atoms with Crippen LogP contribution in [-0.2, 0) is 33.9 Å². The van der Waals surface area contributed by atoms with Crippen LogP contribution in [0.2, 0.25) is 0 Å². The number of thioether (sulfide) groups is 1. The Kier molecular flexibility index (Phi) is 18.2. The highest BCUT2D eigenvalue weighted by atomic mass is 32.2. The van der Waals surface area contributed by atoms with E-state index in [1.807, 2.05) is 0 Å². The number of aromatic hydroxyl groups is 2. The van der Waals surface area contributed by atoms with Crippen LogP contribution in [0.5, 0.6) is 17.4 Å². The maximum Gasteiger partial charge on any atom is 0.305 e. The first-order valence-electron chi connectivity index (χ1n) is 20.5. The number of para-hydroxylation sites is 2. The molecule has 0 aliphatic heterocycles. The van der Waals surface area contributed by atoms with Crippen molar-refractivity contribution in [3.8, 4) is 23.4 Å². The highest BCUT2D eigenvalue weighted by Gasteiger charge is 2.23. The number of rotatable bonds is 21. The van der Waals surface area contributed by atoms with Crippen LogP contribution in [0.3, 0.4) is 0 Å². The lowest BCUT2D eigenvalue weighted by Crippen LogP contribution is -2.28. The first-order valence-corrected chi connectivity index (χ1v) is 24.9. The van der Waals surface area contributed by atoms with Crippen LogP contribution in [0.25, 0.3) is 27.5 Å². The minimum atomic E-state index is -3.67. The van der Waals surface area contributed by atoms with Gasteiger partial charge in [-0.2, -0.15) is 18.8 Å². The van der Waals surface area contributed by atoms with Gasteiger partial charge >= 0.3 is 17.9 Å². The van der Waals surface area contributed by atoms with Crippen LogP contribution >= 0.6 is 35.1 Å². The molecule has 7 N–H and O–H groups in total. The lowest BCUT2D eigenvalue weighted by Gasteiger charge is -2.25. The largest absolute Gasteiger partial charge is 0.505 e. The number of hydrogen-bond donors (Lipinski definition) is 7. The summed E-state index contributed by atoms with van der Waals surface area (Å²) < 4.78 is 38.0. The van der Waals surface area contributed by atoms with Crippen molar-refractivity contribution in [1.82, 2.24) is 19.6 Å². The van der Waals surface area contributed by atoms with Crippen molar-refractivity contribution in [2.45, 2.75) is 35.4 Å². The molecule has 0 atom stereocenters. The second-order valence-corrected chi connectivity index (χ2v) is 19.2. The summed E-state index contributed by atoms with van der Waals surface area (Å²) in [6, 6.07) is 18.1. The average Bonchev–Trinajstić information content (AvgIpc) is 3.96. The fourth-order valence-electron chi connectivity index (χ4n) is 6.60. The third kappa shape index (κ3) is 14.1. The number of carbonyl (C=O) groups is 3. The van der Waals surface area contributed by atoms with E-state index in [0.717, 1.165) is 11.3 Å². The van der Waals surface area contributed by atoms with Gasteiger partial charge in [-0.1, -0.05) is 46.3 Å². The number of methoxy groups -OCH3 is 1. The molecule has 31 heteroatoms. The van der Waals surface area contributed by atoms with E-state index in [9.17, 15) is 48.5 Å². The van der Waals surface area contributed by atoms with E-state index in [2.05, 4.69) is 57.0 Å². The molecule has 380 valence electrons. The summed E-state index contributed by atoms with van der Waals surface area (Å²) in [5, 5.41) is 109. The molecule has 0 fully saturated rings. The van der Waals surface area contributed by atoms with Gasteiger partial charge in [-0.15, -0.1) is 40.1 Å². The molecule has 0 radical (unpaired) electrons. The normalized spacial score (nSPS) is 11.7. The molecule has 0 aliphatic carbocycles. The first kappa shape index (κ1) is 54.4. The molecule has 0 saturated heterocycles. The van der Waals surface area contributed by atoms with Crippen LogP contribution in [0.15, 0.2) is 101 Å². The van der Waals surface area contributed by atoms with E-state index >= 15 is 0 Å². The van der Waals surface area contributed by atoms with E-state index in [0.29, 0.717) is 44.6 Å². The molecule has 7 aromatic rings. The molecule has 0 spiro atoms. The Labute approximate surface area is 423 Å². The molecule has 0 aliphatic rings. The quantitative estimate of drug-likeness (QED) is 0.00878. The second-order valence-electron chi connectivity index (χ2n) is 14.7. The van der Waals surface area contributed by atoms with E-state index in [1.54, 1.807) is 43.3 Å². The third-order valence-electron chi connectivity index (χ3n) is 9.75. The number of phenols is 1. The fraction of sp³-hybridized carbons (Fsp3) is 0.214. The van der Waals surface area contributed by atoms with Crippen LogP contribution in [-0.4, -0.2) is 113 Å². The summed E-state index contributed by atoms with van der Waals surface area (Å²) in [6.07, 6.45) is -0.199. The molecule has 3 heterocycles. The standard InChI is InChI=1S/C41H34N12O12S3.CH4O3S/c1-20-24(19-42)38-43-25-5-3-4-6-28(25)53(38)39(61)35(20)47-44-22-8-7-21-15-31(68-65-64-62)36(37(60)23(21)16-22)48-45-26-18-30(63-2)27(17-29(26)52(12-9-32(54)55)13-10-33(56)57)46-49-40-50-51-41(67-40)66-14-11-34(58)59;1-5(2,3)4/h3-8,15-18,60-62H,9-14H2,1-2H3,(H,54,55)(H,56,57)(H,58,59);1H3,(H,2,3,4). The number of aliphatic carboxylic acids is 3. The number of fused-ring (bicyclic) bond motifs is 4. The Morgan fingerprint density at radius 1 is 0.877 bits per heavy atom. The number of carboxylic acids is 3. The lowest BCUT2D eigenvalue weighted by molar-refractivity contribution is -0.432. The number of carboxylic acid groups (broad SMARTS) is 3. The van der Waals surface area contributed by atoms with Gasteiger partial charge < -0.3 is 35.2 Å². The highest BCUT2D eigenvalue weighted by molar-refractivity contribution is 8.01. The Morgan fingerprint density at radius 2 is 1.55 bits per heavy atom. The van der Waals surface area contributed by atoms with Gasteiger partial charge in [-0.25, -0.2) is 10.2 Å². The number of phenolic OH excluding ortho intramolecular Hbond substituents is 1. The molecule has 0 unspecified atom stereocenters. The van der Waals surface area contributed by atoms with E-state index in [-0.39, 0.29) is 97.6 Å². The van der Waals surface area contributed by atoms with Crippen molar-refractivity contribution >= 4 is 130 Å². The van der Waals surface area contributed by atoms with Gasteiger partial charge in [0.25, 0.3) is 15.2 Å². The smallest absolute Gasteiger partial charge is 0.305 e. The van der Waals surface area contributed by atoms with E-state index < -0.39 is 46.6 Å². The van der Waals surface area contributed by atoms with Gasteiger partial charge in [-0.05, 0) is 48.7 Å². The van der Waals surface area contributed by atoms with Crippen LogP contribution in [0, 0.1) is 18.3 Å². The van der Waals surface area contributed by atoms with Crippen molar-refractivity contribution in [3.05, 3.63) is 71.8 Å². The summed E-state index contributed by atoms with van der Waals surface area (Å²) >= 11 is 2.69. The number of nitriles is 1. The molecule has 73 heavy (non-hydrogen) atoms. The van der Waals surface area contributed by atoms with Crippen molar-refractivity contribution in [3.63, 3.8) is 0 Å². The lowest BCUT2D eigenvalue weighted by atomic mass is 10.1. The van der Waals surface area contributed by atoms with Crippen molar-refractivity contribution in [1.29, 1.82) is 5.26 Å². The number of aromatic nitrogens is 4. The number of benzene rings is 4. The zero-order valence-electron chi connectivity index (χ0n) is 37.9. The van der Waals surface area contributed by atoms with Gasteiger partial charge in [0, 0.05) is 35.9 Å². The van der Waals surface area contributed by atoms with Gasteiger partial charge in [-0.3, -0.25) is 23.3 Å². The number of azo groups is 3. The van der Waals surface area contributed by atoms with E-state index in [1.165, 1.54) is 52.4 Å². The fourth-order valence-corrected chi connectivity index (χ4v) is 8.75.